The fourth-order valence-electron chi connectivity index (χ4n) is 2.30. The van der Waals surface area contributed by atoms with Crippen molar-refractivity contribution in [1.82, 2.24) is 4.90 Å². The Morgan fingerprint density at radius 1 is 1.32 bits per heavy atom. The van der Waals surface area contributed by atoms with Crippen molar-refractivity contribution in [1.29, 1.82) is 0 Å². The largest absolute Gasteiger partial charge is 0.494 e. The Bertz CT molecular complexity index is 782. The number of nitro benzene ring substituents is 1. The summed E-state index contributed by atoms with van der Waals surface area (Å²) in [6.07, 6.45) is 0. The van der Waals surface area contributed by atoms with Crippen molar-refractivity contribution >= 4 is 28.9 Å². The number of nitro groups is 1. The van der Waals surface area contributed by atoms with Gasteiger partial charge < -0.3 is 10.1 Å². The van der Waals surface area contributed by atoms with Crippen molar-refractivity contribution in [3.05, 3.63) is 63.2 Å². The Morgan fingerprint density at radius 3 is 2.68 bits per heavy atom. The highest BCUT2D eigenvalue weighted by molar-refractivity contribution is 6.31. The van der Waals surface area contributed by atoms with Crippen LogP contribution >= 0.6 is 11.6 Å². The molecule has 0 radical (unpaired) electrons. The maximum atomic E-state index is 12.2. The van der Waals surface area contributed by atoms with Gasteiger partial charge in [0, 0.05) is 17.6 Å². The molecule has 0 heterocycles. The molecule has 2 rings (SSSR count). The molecule has 0 aromatic heterocycles. The van der Waals surface area contributed by atoms with Gasteiger partial charge in [0.05, 0.1) is 30.3 Å². The second kappa shape index (κ2) is 8.46. The van der Waals surface area contributed by atoms with Gasteiger partial charge in [-0.05, 0) is 24.7 Å². The number of hydrogen-bond donors (Lipinski definition) is 1. The molecule has 1 N–H and O–H groups in total. The number of carbonyl (C=O) groups is 1. The number of benzene rings is 2. The molecule has 8 heteroatoms. The minimum atomic E-state index is -0.522. The van der Waals surface area contributed by atoms with Gasteiger partial charge in [-0.1, -0.05) is 29.8 Å². The smallest absolute Gasteiger partial charge is 0.273 e. The van der Waals surface area contributed by atoms with E-state index in [1.807, 2.05) is 23.1 Å². The lowest BCUT2D eigenvalue weighted by Gasteiger charge is -2.17. The van der Waals surface area contributed by atoms with Crippen LogP contribution < -0.4 is 10.1 Å². The van der Waals surface area contributed by atoms with Gasteiger partial charge in [0.25, 0.3) is 5.69 Å². The Balaban J connectivity index is 2.00. The zero-order valence-electron chi connectivity index (χ0n) is 13.9. The van der Waals surface area contributed by atoms with E-state index in [0.717, 1.165) is 5.56 Å². The summed E-state index contributed by atoms with van der Waals surface area (Å²) >= 11 is 6.12. The van der Waals surface area contributed by atoms with Gasteiger partial charge in [-0.15, -0.1) is 0 Å². The number of nitrogens with zero attached hydrogens (tertiary/aromatic N) is 2. The SMILES string of the molecule is COc1cc([N+](=O)[O-])ccc1NC(=O)CN(C)Cc1ccccc1Cl. The minimum Gasteiger partial charge on any atom is -0.494 e. The molecule has 7 nitrogen and oxygen atoms in total. The standard InChI is InChI=1S/C17H18ClN3O4/c1-20(10-12-5-3-4-6-14(12)18)11-17(22)19-15-8-7-13(21(23)24)9-16(15)25-2/h3-9H,10-11H2,1-2H3,(H,19,22). The van der Waals surface area contributed by atoms with Crippen LogP contribution in [-0.4, -0.2) is 36.4 Å². The molecule has 0 aliphatic carbocycles. The number of amides is 1. The molecule has 0 atom stereocenters. The molecule has 25 heavy (non-hydrogen) atoms. The van der Waals surface area contributed by atoms with E-state index >= 15 is 0 Å². The van der Waals surface area contributed by atoms with Crippen molar-refractivity contribution in [2.45, 2.75) is 6.54 Å². The monoisotopic (exact) mass is 363 g/mol. The van der Waals surface area contributed by atoms with Gasteiger partial charge in [0.1, 0.15) is 5.75 Å². The van der Waals surface area contributed by atoms with Gasteiger partial charge >= 0.3 is 0 Å². The number of ether oxygens (including phenoxy) is 1. The number of hydrogen-bond acceptors (Lipinski definition) is 5. The topological polar surface area (TPSA) is 84.7 Å². The van der Waals surface area contributed by atoms with Crippen LogP contribution in [0.1, 0.15) is 5.56 Å². The molecule has 132 valence electrons. The molecule has 0 aliphatic rings. The van der Waals surface area contributed by atoms with E-state index in [4.69, 9.17) is 16.3 Å². The van der Waals surface area contributed by atoms with E-state index in [2.05, 4.69) is 5.32 Å². The normalized spacial score (nSPS) is 10.6. The summed E-state index contributed by atoms with van der Waals surface area (Å²) in [4.78, 5) is 24.3. The van der Waals surface area contributed by atoms with Crippen LogP contribution in [0.15, 0.2) is 42.5 Å². The first-order valence-corrected chi connectivity index (χ1v) is 7.82. The van der Waals surface area contributed by atoms with Crippen LogP contribution in [0.2, 0.25) is 5.02 Å². The van der Waals surface area contributed by atoms with E-state index in [-0.39, 0.29) is 23.9 Å². The molecule has 0 fully saturated rings. The lowest BCUT2D eigenvalue weighted by molar-refractivity contribution is -0.384. The number of methoxy groups -OCH3 is 1. The Labute approximate surface area is 150 Å². The number of nitrogens with one attached hydrogen (secondary N) is 1. The predicted octanol–water partition coefficient (Wildman–Crippen LogP) is 3.33. The number of halogens is 1. The fraction of sp³-hybridized carbons (Fsp3) is 0.235. The van der Waals surface area contributed by atoms with E-state index in [1.54, 1.807) is 13.1 Å². The zero-order valence-corrected chi connectivity index (χ0v) is 14.6. The highest BCUT2D eigenvalue weighted by Gasteiger charge is 2.14. The van der Waals surface area contributed by atoms with Gasteiger partial charge in [-0.25, -0.2) is 0 Å². The molecule has 2 aromatic carbocycles. The Kier molecular flexibility index (Phi) is 6.32. The van der Waals surface area contributed by atoms with E-state index < -0.39 is 4.92 Å². The maximum absolute atomic E-state index is 12.2. The number of likely N-dealkylation sites (N-methyl/N-ethyl adjacent to an activating group) is 1. The highest BCUT2D eigenvalue weighted by atomic mass is 35.5. The van der Waals surface area contributed by atoms with Crippen molar-refractivity contribution in [2.24, 2.45) is 0 Å². The number of non-ortho nitro benzene ring substituents is 1. The van der Waals surface area contributed by atoms with E-state index in [1.165, 1.54) is 25.3 Å². The molecule has 0 spiro atoms. The molecule has 2 aromatic rings. The van der Waals surface area contributed by atoms with E-state index in [0.29, 0.717) is 17.3 Å². The second-order valence-corrected chi connectivity index (χ2v) is 5.86. The average Bonchev–Trinajstić information content (AvgIpc) is 2.56. The fourth-order valence-corrected chi connectivity index (χ4v) is 2.50. The third-order valence-electron chi connectivity index (χ3n) is 3.48. The van der Waals surface area contributed by atoms with Crippen LogP contribution in [0.3, 0.4) is 0 Å². The van der Waals surface area contributed by atoms with Crippen molar-refractivity contribution < 1.29 is 14.5 Å². The summed E-state index contributed by atoms with van der Waals surface area (Å²) < 4.78 is 5.10. The van der Waals surface area contributed by atoms with Gasteiger partial charge in [0.2, 0.25) is 5.91 Å². The number of anilines is 1. The first-order valence-electron chi connectivity index (χ1n) is 7.45. The van der Waals surface area contributed by atoms with Crippen LogP contribution in [0, 0.1) is 10.1 Å². The average molecular weight is 364 g/mol. The molecule has 0 aliphatic heterocycles. The third-order valence-corrected chi connectivity index (χ3v) is 3.85. The molecule has 1 amide bonds. The summed E-state index contributed by atoms with van der Waals surface area (Å²) in [7, 11) is 3.19. The van der Waals surface area contributed by atoms with Crippen molar-refractivity contribution in [3.63, 3.8) is 0 Å². The second-order valence-electron chi connectivity index (χ2n) is 5.45. The third kappa shape index (κ3) is 5.17. The van der Waals surface area contributed by atoms with Crippen molar-refractivity contribution in [3.8, 4) is 5.75 Å². The Hall–Kier alpha value is -2.64. The lowest BCUT2D eigenvalue weighted by Crippen LogP contribution is -2.30. The number of carbonyl (C=O) groups excluding carboxylic acids is 1. The maximum Gasteiger partial charge on any atom is 0.273 e. The van der Waals surface area contributed by atoms with Crippen LogP contribution in [0.4, 0.5) is 11.4 Å². The molecule has 0 bridgehead atoms. The summed E-state index contributed by atoms with van der Waals surface area (Å²) in [5.74, 6) is -0.0296. The molecular weight excluding hydrogens is 346 g/mol. The van der Waals surface area contributed by atoms with Crippen molar-refractivity contribution in [2.75, 3.05) is 26.0 Å². The summed E-state index contributed by atoms with van der Waals surface area (Å²) in [6, 6.07) is 11.5. The number of rotatable bonds is 7. The zero-order chi connectivity index (χ0) is 18.4. The predicted molar refractivity (Wildman–Crippen MR) is 96.1 cm³/mol. The van der Waals surface area contributed by atoms with Crippen LogP contribution in [0.25, 0.3) is 0 Å². The van der Waals surface area contributed by atoms with Gasteiger partial charge in [-0.3, -0.25) is 19.8 Å². The molecular formula is C17H18ClN3O4. The summed E-state index contributed by atoms with van der Waals surface area (Å²) in [6.45, 7) is 0.649. The molecule has 0 saturated heterocycles. The van der Waals surface area contributed by atoms with Gasteiger partial charge in [0.15, 0.2) is 0 Å². The quantitative estimate of drug-likeness (QED) is 0.602. The first-order chi connectivity index (χ1) is 11.9. The summed E-state index contributed by atoms with van der Waals surface area (Å²) in [5, 5.41) is 14.1. The van der Waals surface area contributed by atoms with E-state index in [9.17, 15) is 14.9 Å². The highest BCUT2D eigenvalue weighted by Crippen LogP contribution is 2.29. The first kappa shape index (κ1) is 18.7. The Morgan fingerprint density at radius 2 is 2.04 bits per heavy atom. The van der Waals surface area contributed by atoms with Crippen LogP contribution in [-0.2, 0) is 11.3 Å². The van der Waals surface area contributed by atoms with Gasteiger partial charge in [-0.2, -0.15) is 0 Å². The van der Waals surface area contributed by atoms with Crippen LogP contribution in [0.5, 0.6) is 5.75 Å². The minimum absolute atomic E-state index is 0.106. The molecule has 0 unspecified atom stereocenters. The summed E-state index contributed by atoms with van der Waals surface area (Å²) in [5.41, 5.74) is 1.20. The molecule has 0 saturated carbocycles. The lowest BCUT2D eigenvalue weighted by atomic mass is 10.2.